The van der Waals surface area contributed by atoms with Crippen molar-refractivity contribution in [1.82, 2.24) is 15.3 Å². The summed E-state index contributed by atoms with van der Waals surface area (Å²) in [5, 5.41) is 7.01. The fourth-order valence-electron chi connectivity index (χ4n) is 1.90. The largest absolute Gasteiger partial charge is 0.311 e. The normalized spacial score (nSPS) is 13.9. The first-order valence-electron chi connectivity index (χ1n) is 5.84. The number of aromatic nitrogens is 2. The van der Waals surface area contributed by atoms with Crippen molar-refractivity contribution in [3.63, 3.8) is 0 Å². The van der Waals surface area contributed by atoms with Crippen LogP contribution in [0.4, 0.5) is 5.13 Å². The van der Waals surface area contributed by atoms with E-state index in [1.165, 1.54) is 28.6 Å². The topological polar surface area (TPSA) is 66.9 Å². The van der Waals surface area contributed by atoms with Gasteiger partial charge in [0.2, 0.25) is 0 Å². The summed E-state index contributed by atoms with van der Waals surface area (Å²) in [5.41, 5.74) is 1.47. The Morgan fingerprint density at radius 1 is 1.53 bits per heavy atom. The van der Waals surface area contributed by atoms with Crippen LogP contribution in [0, 0.1) is 0 Å². The highest BCUT2D eigenvalue weighted by molar-refractivity contribution is 7.15. The summed E-state index contributed by atoms with van der Waals surface area (Å²) in [6.45, 7) is 1.75. The van der Waals surface area contributed by atoms with Crippen LogP contribution in [0.5, 0.6) is 0 Å². The van der Waals surface area contributed by atoms with E-state index in [2.05, 4.69) is 20.6 Å². The molecule has 2 aromatic heterocycles. The summed E-state index contributed by atoms with van der Waals surface area (Å²) < 4.78 is 0. The fourth-order valence-corrected chi connectivity index (χ4v) is 3.08. The van der Waals surface area contributed by atoms with E-state index < -0.39 is 0 Å². The molecule has 0 unspecified atom stereocenters. The van der Waals surface area contributed by atoms with Crippen molar-refractivity contribution in [1.29, 1.82) is 0 Å². The summed E-state index contributed by atoms with van der Waals surface area (Å²) in [5.74, 6) is -0.258. The zero-order valence-electron chi connectivity index (χ0n) is 9.94. The number of hydrogen-bond acceptors (Lipinski definition) is 5. The maximum atomic E-state index is 12.1. The van der Waals surface area contributed by atoms with Crippen molar-refractivity contribution < 1.29 is 4.79 Å². The highest BCUT2D eigenvalue weighted by Gasteiger charge is 2.17. The lowest BCUT2D eigenvalue weighted by molar-refractivity contribution is 0.102. The minimum Gasteiger partial charge on any atom is -0.311 e. The Bertz CT molecular complexity index is 604. The first kappa shape index (κ1) is 12.5. The second-order valence-corrected chi connectivity index (χ2v) is 5.62. The van der Waals surface area contributed by atoms with Crippen LogP contribution in [0.15, 0.2) is 18.5 Å². The minimum absolute atomic E-state index is 0.258. The molecule has 5 nitrogen and oxygen atoms in total. The summed E-state index contributed by atoms with van der Waals surface area (Å²) >= 11 is 7.44. The van der Waals surface area contributed by atoms with Crippen molar-refractivity contribution in [2.24, 2.45) is 0 Å². The number of pyridine rings is 1. The van der Waals surface area contributed by atoms with E-state index in [4.69, 9.17) is 11.6 Å². The molecule has 0 aliphatic carbocycles. The van der Waals surface area contributed by atoms with E-state index in [-0.39, 0.29) is 5.91 Å². The Morgan fingerprint density at radius 2 is 2.42 bits per heavy atom. The molecule has 0 atom stereocenters. The van der Waals surface area contributed by atoms with Gasteiger partial charge in [0.05, 0.1) is 16.3 Å². The predicted molar refractivity (Wildman–Crippen MR) is 74.7 cm³/mol. The molecule has 1 aliphatic heterocycles. The number of rotatable bonds is 2. The van der Waals surface area contributed by atoms with Gasteiger partial charge < -0.3 is 5.32 Å². The average Bonchev–Trinajstić information content (AvgIpc) is 2.81. The minimum atomic E-state index is -0.258. The van der Waals surface area contributed by atoms with Gasteiger partial charge in [0.1, 0.15) is 0 Å². The quantitative estimate of drug-likeness (QED) is 0.890. The monoisotopic (exact) mass is 294 g/mol. The molecule has 98 valence electrons. The van der Waals surface area contributed by atoms with E-state index in [1.807, 2.05) is 0 Å². The van der Waals surface area contributed by atoms with E-state index in [0.717, 1.165) is 25.2 Å². The molecule has 1 aliphatic rings. The molecule has 0 spiro atoms. The van der Waals surface area contributed by atoms with E-state index >= 15 is 0 Å². The van der Waals surface area contributed by atoms with Gasteiger partial charge in [0.15, 0.2) is 5.13 Å². The third-order valence-corrected chi connectivity index (χ3v) is 4.15. The molecule has 3 heterocycles. The van der Waals surface area contributed by atoms with Gasteiger partial charge in [-0.05, 0) is 6.07 Å². The molecule has 0 radical (unpaired) electrons. The molecule has 0 saturated carbocycles. The molecule has 7 heteroatoms. The summed E-state index contributed by atoms with van der Waals surface area (Å²) in [6, 6.07) is 1.59. The van der Waals surface area contributed by atoms with Gasteiger partial charge in [-0.25, -0.2) is 4.98 Å². The van der Waals surface area contributed by atoms with Crippen LogP contribution in [-0.4, -0.2) is 22.4 Å². The first-order valence-corrected chi connectivity index (χ1v) is 7.03. The second-order valence-electron chi connectivity index (χ2n) is 4.13. The van der Waals surface area contributed by atoms with E-state index in [1.54, 1.807) is 6.07 Å². The van der Waals surface area contributed by atoms with Crippen molar-refractivity contribution >= 4 is 34.0 Å². The number of thiazole rings is 1. The zero-order valence-corrected chi connectivity index (χ0v) is 11.5. The standard InChI is InChI=1S/C12H11ClN4OS/c13-8-5-14-3-1-7(8)11(18)17-12-16-9-2-4-15-6-10(9)19-12/h1,3,5,15H,2,4,6H2,(H,16,17,18). The lowest BCUT2D eigenvalue weighted by Gasteiger charge is -2.09. The molecule has 0 bridgehead atoms. The van der Waals surface area contributed by atoms with E-state index in [9.17, 15) is 4.79 Å². The van der Waals surface area contributed by atoms with Gasteiger partial charge in [0.25, 0.3) is 5.91 Å². The number of halogens is 1. The number of anilines is 1. The van der Waals surface area contributed by atoms with Crippen molar-refractivity contribution in [3.05, 3.63) is 39.6 Å². The lowest BCUT2D eigenvalue weighted by Crippen LogP contribution is -2.22. The Morgan fingerprint density at radius 3 is 3.21 bits per heavy atom. The number of carbonyl (C=O) groups is 1. The summed E-state index contributed by atoms with van der Waals surface area (Å²) in [6.07, 6.45) is 3.89. The number of carbonyl (C=O) groups excluding carboxylic acids is 1. The molecule has 0 aromatic carbocycles. The molecule has 2 aromatic rings. The van der Waals surface area contributed by atoms with Crippen LogP contribution in [0.2, 0.25) is 5.02 Å². The number of fused-ring (bicyclic) bond motifs is 1. The van der Waals surface area contributed by atoms with Gasteiger partial charge in [0, 0.05) is 36.8 Å². The third kappa shape index (κ3) is 2.60. The van der Waals surface area contributed by atoms with Gasteiger partial charge in [-0.2, -0.15) is 0 Å². The Balaban J connectivity index is 1.80. The van der Waals surface area contributed by atoms with Crippen LogP contribution >= 0.6 is 22.9 Å². The average molecular weight is 295 g/mol. The third-order valence-electron chi connectivity index (χ3n) is 2.84. The molecule has 3 rings (SSSR count). The molecular weight excluding hydrogens is 284 g/mol. The maximum Gasteiger partial charge on any atom is 0.259 e. The van der Waals surface area contributed by atoms with Crippen LogP contribution in [0.3, 0.4) is 0 Å². The van der Waals surface area contributed by atoms with Crippen molar-refractivity contribution in [2.75, 3.05) is 11.9 Å². The summed E-state index contributed by atoms with van der Waals surface area (Å²) in [7, 11) is 0. The molecule has 19 heavy (non-hydrogen) atoms. The predicted octanol–water partition coefficient (Wildman–Crippen LogP) is 2.09. The van der Waals surface area contributed by atoms with Crippen LogP contribution in [-0.2, 0) is 13.0 Å². The lowest BCUT2D eigenvalue weighted by atomic mass is 10.2. The first-order chi connectivity index (χ1) is 9.24. The van der Waals surface area contributed by atoms with Gasteiger partial charge in [-0.15, -0.1) is 11.3 Å². The Kier molecular flexibility index (Phi) is 3.46. The smallest absolute Gasteiger partial charge is 0.259 e. The Labute approximate surface area is 119 Å². The van der Waals surface area contributed by atoms with Crippen LogP contribution < -0.4 is 10.6 Å². The van der Waals surface area contributed by atoms with Gasteiger partial charge in [-0.1, -0.05) is 11.6 Å². The van der Waals surface area contributed by atoms with Crippen molar-refractivity contribution in [3.8, 4) is 0 Å². The highest BCUT2D eigenvalue weighted by Crippen LogP contribution is 2.26. The number of nitrogens with one attached hydrogen (secondary N) is 2. The van der Waals surface area contributed by atoms with E-state index in [0.29, 0.717) is 15.7 Å². The highest BCUT2D eigenvalue weighted by atomic mass is 35.5. The molecule has 0 fully saturated rings. The fraction of sp³-hybridized carbons (Fsp3) is 0.250. The second kappa shape index (κ2) is 5.24. The van der Waals surface area contributed by atoms with Crippen LogP contribution in [0.25, 0.3) is 0 Å². The maximum absolute atomic E-state index is 12.1. The molecule has 1 amide bonds. The number of hydrogen-bond donors (Lipinski definition) is 2. The number of nitrogens with zero attached hydrogens (tertiary/aromatic N) is 2. The molecule has 0 saturated heterocycles. The Hall–Kier alpha value is -1.50. The molecular formula is C12H11ClN4OS. The van der Waals surface area contributed by atoms with Gasteiger partial charge in [-0.3, -0.25) is 15.1 Å². The van der Waals surface area contributed by atoms with Gasteiger partial charge >= 0.3 is 0 Å². The number of amides is 1. The molecule has 2 N–H and O–H groups in total. The SMILES string of the molecule is O=C(Nc1nc2c(s1)CNCC2)c1ccncc1Cl. The van der Waals surface area contributed by atoms with Crippen LogP contribution in [0.1, 0.15) is 20.9 Å². The summed E-state index contributed by atoms with van der Waals surface area (Å²) in [4.78, 5) is 21.5. The zero-order chi connectivity index (χ0) is 13.2. The van der Waals surface area contributed by atoms with Crippen molar-refractivity contribution in [2.45, 2.75) is 13.0 Å².